The highest BCUT2D eigenvalue weighted by atomic mass is 35.5. The first kappa shape index (κ1) is 24.1. The molecule has 0 spiro atoms. The van der Waals surface area contributed by atoms with Gasteiger partial charge < -0.3 is 15.0 Å². The van der Waals surface area contributed by atoms with E-state index in [2.05, 4.69) is 67.6 Å². The van der Waals surface area contributed by atoms with Crippen molar-refractivity contribution in [3.05, 3.63) is 64.3 Å². The molecule has 3 aromatic rings. The second kappa shape index (κ2) is 9.65. The van der Waals surface area contributed by atoms with Crippen molar-refractivity contribution in [1.82, 2.24) is 10.3 Å². The summed E-state index contributed by atoms with van der Waals surface area (Å²) in [4.78, 5) is 16.8. The van der Waals surface area contributed by atoms with E-state index in [1.807, 2.05) is 12.1 Å². The number of halogens is 1. The molecule has 1 atom stereocenters. The first-order valence-electron chi connectivity index (χ1n) is 12.1. The fourth-order valence-electron chi connectivity index (χ4n) is 5.12. The predicted molar refractivity (Wildman–Crippen MR) is 140 cm³/mol. The zero-order valence-corrected chi connectivity index (χ0v) is 21.9. The molecule has 0 radical (unpaired) electrons. The number of carbonyl (C=O) groups is 1. The largest absolute Gasteiger partial charge is 0.368 e. The standard InChI is InChI=1S/C27H35ClN2O2Si/c1-5-19-8-7-9-22-23-14-16-32-27(6-2,26(23)30-25(19)22)18-24(31)29-15-17-33(3,4)21-12-10-20(28)11-13-21/h7-13,30H,5-6,14-18H2,1-4H3,(H,29,31). The molecule has 2 N–H and O–H groups in total. The summed E-state index contributed by atoms with van der Waals surface area (Å²) in [6.07, 6.45) is 2.96. The van der Waals surface area contributed by atoms with Crippen LogP contribution in [0.25, 0.3) is 10.9 Å². The lowest BCUT2D eigenvalue weighted by Crippen LogP contribution is -2.45. The molecule has 1 unspecified atom stereocenters. The molecule has 0 aliphatic carbocycles. The molecule has 2 heterocycles. The Morgan fingerprint density at radius 1 is 1.18 bits per heavy atom. The van der Waals surface area contributed by atoms with E-state index in [-0.39, 0.29) is 5.91 Å². The van der Waals surface area contributed by atoms with Crippen LogP contribution in [-0.2, 0) is 28.0 Å². The Labute approximate surface area is 203 Å². The van der Waals surface area contributed by atoms with Crippen LogP contribution in [0, 0.1) is 0 Å². The number of aryl methyl sites for hydroxylation is 1. The van der Waals surface area contributed by atoms with Crippen molar-refractivity contribution >= 4 is 41.7 Å². The number of amides is 1. The van der Waals surface area contributed by atoms with E-state index < -0.39 is 13.7 Å². The highest BCUT2D eigenvalue weighted by Crippen LogP contribution is 2.42. The minimum absolute atomic E-state index is 0.0555. The van der Waals surface area contributed by atoms with Gasteiger partial charge in [-0.25, -0.2) is 0 Å². The molecular weight excluding hydrogens is 448 g/mol. The van der Waals surface area contributed by atoms with Crippen LogP contribution in [0.4, 0.5) is 0 Å². The normalized spacial score (nSPS) is 18.3. The van der Waals surface area contributed by atoms with E-state index in [1.165, 1.54) is 27.2 Å². The number of ether oxygens (including phenoxy) is 1. The summed E-state index contributed by atoms with van der Waals surface area (Å²) in [6.45, 7) is 10.3. The van der Waals surface area contributed by atoms with Crippen molar-refractivity contribution in [3.63, 3.8) is 0 Å². The van der Waals surface area contributed by atoms with Crippen LogP contribution in [0.3, 0.4) is 0 Å². The second-order valence-electron chi connectivity index (χ2n) is 9.79. The van der Waals surface area contributed by atoms with Crippen LogP contribution in [0.2, 0.25) is 24.2 Å². The lowest BCUT2D eigenvalue weighted by atomic mass is 9.86. The Balaban J connectivity index is 1.48. The molecule has 33 heavy (non-hydrogen) atoms. The molecular formula is C27H35ClN2O2Si. The van der Waals surface area contributed by atoms with Crippen molar-refractivity contribution in [3.8, 4) is 0 Å². The van der Waals surface area contributed by atoms with Gasteiger partial charge in [0.1, 0.15) is 5.60 Å². The van der Waals surface area contributed by atoms with Gasteiger partial charge in [0, 0.05) is 22.5 Å². The number of para-hydroxylation sites is 1. The van der Waals surface area contributed by atoms with E-state index in [9.17, 15) is 4.79 Å². The number of hydrogen-bond donors (Lipinski definition) is 2. The lowest BCUT2D eigenvalue weighted by Gasteiger charge is -2.36. The van der Waals surface area contributed by atoms with Crippen LogP contribution >= 0.6 is 11.6 Å². The highest BCUT2D eigenvalue weighted by Gasteiger charge is 2.41. The molecule has 0 saturated heterocycles. The summed E-state index contributed by atoms with van der Waals surface area (Å²) < 4.78 is 6.35. The smallest absolute Gasteiger partial charge is 0.223 e. The molecule has 1 aliphatic rings. The average Bonchev–Trinajstić information content (AvgIpc) is 3.19. The monoisotopic (exact) mass is 482 g/mol. The number of hydrogen-bond acceptors (Lipinski definition) is 2. The SMILES string of the molecule is CCc1cccc2c3c([nH]c12)C(CC)(CC(=O)NCC[Si](C)(C)c1ccc(Cl)cc1)OCC3. The van der Waals surface area contributed by atoms with Gasteiger partial charge in [0.15, 0.2) is 0 Å². The van der Waals surface area contributed by atoms with Gasteiger partial charge in [-0.2, -0.15) is 0 Å². The molecule has 4 nitrogen and oxygen atoms in total. The Morgan fingerprint density at radius 3 is 2.64 bits per heavy atom. The third-order valence-corrected chi connectivity index (χ3v) is 11.0. The van der Waals surface area contributed by atoms with Crippen LogP contribution in [0.15, 0.2) is 42.5 Å². The van der Waals surface area contributed by atoms with E-state index >= 15 is 0 Å². The Kier molecular flexibility index (Phi) is 7.03. The first-order chi connectivity index (χ1) is 15.8. The van der Waals surface area contributed by atoms with Gasteiger partial charge >= 0.3 is 0 Å². The summed E-state index contributed by atoms with van der Waals surface area (Å²) in [5.41, 5.74) is 4.33. The summed E-state index contributed by atoms with van der Waals surface area (Å²) in [5.74, 6) is 0.0555. The number of aromatic amines is 1. The quantitative estimate of drug-likeness (QED) is 0.405. The van der Waals surface area contributed by atoms with E-state index in [0.717, 1.165) is 36.0 Å². The highest BCUT2D eigenvalue weighted by molar-refractivity contribution is 6.89. The number of aromatic nitrogens is 1. The lowest BCUT2D eigenvalue weighted by molar-refractivity contribution is -0.132. The third-order valence-electron chi connectivity index (χ3n) is 7.31. The molecule has 1 aliphatic heterocycles. The number of carbonyl (C=O) groups excluding carboxylic acids is 1. The zero-order valence-electron chi connectivity index (χ0n) is 20.2. The Bertz CT molecular complexity index is 1140. The van der Waals surface area contributed by atoms with Crippen LogP contribution < -0.4 is 10.5 Å². The maximum absolute atomic E-state index is 13.1. The number of rotatable bonds is 8. The maximum Gasteiger partial charge on any atom is 0.223 e. The molecule has 1 aromatic heterocycles. The second-order valence-corrected chi connectivity index (χ2v) is 15.1. The summed E-state index contributed by atoms with van der Waals surface area (Å²) in [7, 11) is -1.65. The number of fused-ring (bicyclic) bond motifs is 3. The molecule has 6 heteroatoms. The molecule has 1 amide bonds. The molecule has 0 fully saturated rings. The van der Waals surface area contributed by atoms with Crippen LogP contribution in [-0.4, -0.2) is 32.1 Å². The number of H-pyrrole nitrogens is 1. The fourth-order valence-corrected chi connectivity index (χ4v) is 7.36. The van der Waals surface area contributed by atoms with E-state index in [4.69, 9.17) is 16.3 Å². The first-order valence-corrected chi connectivity index (χ1v) is 15.7. The summed E-state index contributed by atoms with van der Waals surface area (Å²) in [5, 5.41) is 6.59. The van der Waals surface area contributed by atoms with Gasteiger partial charge in [-0.05, 0) is 48.6 Å². The fraction of sp³-hybridized carbons (Fsp3) is 0.444. The minimum atomic E-state index is -1.65. The van der Waals surface area contributed by atoms with Crippen molar-refractivity contribution in [1.29, 1.82) is 0 Å². The van der Waals surface area contributed by atoms with Crippen LogP contribution in [0.5, 0.6) is 0 Å². The van der Waals surface area contributed by atoms with Crippen LogP contribution in [0.1, 0.15) is 43.5 Å². The van der Waals surface area contributed by atoms with Gasteiger partial charge in [-0.15, -0.1) is 0 Å². The zero-order chi connectivity index (χ0) is 23.6. The van der Waals surface area contributed by atoms with E-state index in [0.29, 0.717) is 19.6 Å². The molecule has 4 rings (SSSR count). The molecule has 2 aromatic carbocycles. The maximum atomic E-state index is 13.1. The summed E-state index contributed by atoms with van der Waals surface area (Å²) >= 11 is 6.05. The van der Waals surface area contributed by atoms with Crippen molar-refractivity contribution < 1.29 is 9.53 Å². The predicted octanol–water partition coefficient (Wildman–Crippen LogP) is 5.68. The Morgan fingerprint density at radius 2 is 1.94 bits per heavy atom. The van der Waals surface area contributed by atoms with Crippen molar-refractivity contribution in [2.45, 2.75) is 64.3 Å². The van der Waals surface area contributed by atoms with Gasteiger partial charge in [0.05, 0.1) is 26.8 Å². The molecule has 176 valence electrons. The minimum Gasteiger partial charge on any atom is -0.368 e. The van der Waals surface area contributed by atoms with E-state index in [1.54, 1.807) is 0 Å². The topological polar surface area (TPSA) is 54.1 Å². The Hall–Kier alpha value is -2.08. The number of benzene rings is 2. The van der Waals surface area contributed by atoms with Gasteiger partial charge in [0.25, 0.3) is 0 Å². The van der Waals surface area contributed by atoms with Crippen molar-refractivity contribution in [2.75, 3.05) is 13.2 Å². The summed E-state index contributed by atoms with van der Waals surface area (Å²) in [6, 6.07) is 15.7. The van der Waals surface area contributed by atoms with Gasteiger partial charge in [-0.3, -0.25) is 4.79 Å². The molecule has 0 bridgehead atoms. The average molecular weight is 483 g/mol. The molecule has 0 saturated carbocycles. The van der Waals surface area contributed by atoms with Gasteiger partial charge in [-0.1, -0.05) is 74.1 Å². The number of nitrogens with one attached hydrogen (secondary N) is 2. The van der Waals surface area contributed by atoms with Crippen molar-refractivity contribution in [2.24, 2.45) is 0 Å². The van der Waals surface area contributed by atoms with Gasteiger partial charge in [0.2, 0.25) is 5.91 Å². The third kappa shape index (κ3) is 4.77.